The molecule has 0 spiro atoms. The largest absolute Gasteiger partial charge is 0.484 e. The highest BCUT2D eigenvalue weighted by Crippen LogP contribution is 2.16. The molecule has 0 aromatic heterocycles. The van der Waals surface area contributed by atoms with Crippen LogP contribution >= 0.6 is 0 Å². The van der Waals surface area contributed by atoms with Crippen LogP contribution in [0, 0.1) is 6.92 Å². The molecule has 4 heteroatoms. The van der Waals surface area contributed by atoms with Crippen LogP contribution in [-0.4, -0.2) is 18.7 Å². The molecule has 0 bridgehead atoms. The second kappa shape index (κ2) is 7.42. The summed E-state index contributed by atoms with van der Waals surface area (Å²) >= 11 is 0. The van der Waals surface area contributed by atoms with Crippen LogP contribution in [0.3, 0.4) is 0 Å². The molecule has 4 nitrogen and oxygen atoms in total. The zero-order valence-electron chi connectivity index (χ0n) is 13.4. The Balaban J connectivity index is 1.57. The van der Waals surface area contributed by atoms with E-state index in [-0.39, 0.29) is 12.5 Å². The number of ether oxygens (including phenoxy) is 1. The number of carbonyl (C=O) groups is 1. The van der Waals surface area contributed by atoms with Crippen LogP contribution in [0.5, 0.6) is 5.75 Å². The molecule has 0 aliphatic rings. The van der Waals surface area contributed by atoms with Crippen molar-refractivity contribution in [3.63, 3.8) is 0 Å². The Hall–Kier alpha value is -3.14. The maximum atomic E-state index is 11.8. The van der Waals surface area contributed by atoms with Crippen LogP contribution < -0.4 is 10.2 Å². The Bertz CT molecular complexity index is 865. The third-order valence-electron chi connectivity index (χ3n) is 3.61. The maximum Gasteiger partial charge on any atom is 0.277 e. The summed E-state index contributed by atoms with van der Waals surface area (Å²) in [6, 6.07) is 21.6. The third kappa shape index (κ3) is 3.98. The van der Waals surface area contributed by atoms with E-state index in [4.69, 9.17) is 4.74 Å². The minimum atomic E-state index is -0.299. The van der Waals surface area contributed by atoms with Crippen LogP contribution in [-0.2, 0) is 4.79 Å². The Morgan fingerprint density at radius 1 is 1.04 bits per heavy atom. The van der Waals surface area contributed by atoms with E-state index >= 15 is 0 Å². The number of nitrogens with one attached hydrogen (secondary N) is 1. The summed E-state index contributed by atoms with van der Waals surface area (Å²) in [6.07, 6.45) is 1.64. The molecule has 24 heavy (non-hydrogen) atoms. The van der Waals surface area contributed by atoms with Gasteiger partial charge in [0.05, 0.1) is 6.21 Å². The Morgan fingerprint density at radius 2 is 1.79 bits per heavy atom. The van der Waals surface area contributed by atoms with Gasteiger partial charge < -0.3 is 4.74 Å². The molecule has 1 N–H and O–H groups in total. The van der Waals surface area contributed by atoms with Crippen molar-refractivity contribution < 1.29 is 9.53 Å². The van der Waals surface area contributed by atoms with Gasteiger partial charge >= 0.3 is 0 Å². The van der Waals surface area contributed by atoms with Gasteiger partial charge in [0.25, 0.3) is 5.91 Å². The number of aryl methyl sites for hydroxylation is 1. The first kappa shape index (κ1) is 15.7. The van der Waals surface area contributed by atoms with Crippen LogP contribution in [0.2, 0.25) is 0 Å². The predicted octanol–water partition coefficient (Wildman–Crippen LogP) is 3.68. The lowest BCUT2D eigenvalue weighted by molar-refractivity contribution is -0.123. The third-order valence-corrected chi connectivity index (χ3v) is 3.61. The van der Waals surface area contributed by atoms with E-state index in [0.29, 0.717) is 5.75 Å². The van der Waals surface area contributed by atoms with Crippen molar-refractivity contribution in [1.29, 1.82) is 0 Å². The summed E-state index contributed by atoms with van der Waals surface area (Å²) < 4.78 is 5.41. The van der Waals surface area contributed by atoms with E-state index in [0.717, 1.165) is 21.9 Å². The van der Waals surface area contributed by atoms with Crippen molar-refractivity contribution in [1.82, 2.24) is 5.43 Å². The van der Waals surface area contributed by atoms with E-state index in [9.17, 15) is 4.79 Å². The Labute approximate surface area is 140 Å². The van der Waals surface area contributed by atoms with Crippen molar-refractivity contribution in [2.45, 2.75) is 6.92 Å². The quantitative estimate of drug-likeness (QED) is 0.576. The van der Waals surface area contributed by atoms with Crippen molar-refractivity contribution in [2.24, 2.45) is 5.10 Å². The van der Waals surface area contributed by atoms with Gasteiger partial charge in [-0.2, -0.15) is 5.10 Å². The van der Waals surface area contributed by atoms with Crippen molar-refractivity contribution in [3.8, 4) is 5.75 Å². The topological polar surface area (TPSA) is 50.7 Å². The number of carbonyl (C=O) groups excluding carboxylic acids is 1. The summed E-state index contributed by atoms with van der Waals surface area (Å²) in [5.41, 5.74) is 4.58. The molecule has 3 aromatic carbocycles. The summed E-state index contributed by atoms with van der Waals surface area (Å²) in [5.74, 6) is 0.362. The fraction of sp³-hybridized carbons (Fsp3) is 0.100. The summed E-state index contributed by atoms with van der Waals surface area (Å²) in [5, 5.41) is 6.24. The van der Waals surface area contributed by atoms with Crippen LogP contribution in [0.25, 0.3) is 10.8 Å². The number of hydrazone groups is 1. The molecule has 0 atom stereocenters. The van der Waals surface area contributed by atoms with Crippen LogP contribution in [0.4, 0.5) is 0 Å². The Morgan fingerprint density at radius 3 is 2.62 bits per heavy atom. The molecular formula is C20H18N2O2. The lowest BCUT2D eigenvalue weighted by Gasteiger charge is -2.05. The molecule has 120 valence electrons. The normalized spacial score (nSPS) is 10.9. The number of hydrogen-bond acceptors (Lipinski definition) is 3. The zero-order valence-corrected chi connectivity index (χ0v) is 13.4. The second-order valence-corrected chi connectivity index (χ2v) is 5.46. The van der Waals surface area contributed by atoms with E-state index in [1.165, 1.54) is 0 Å². The lowest BCUT2D eigenvalue weighted by atomic mass is 10.1. The number of rotatable bonds is 5. The molecule has 1 amide bonds. The molecule has 0 unspecified atom stereocenters. The summed E-state index contributed by atoms with van der Waals surface area (Å²) in [7, 11) is 0. The molecule has 3 rings (SSSR count). The number of amides is 1. The lowest BCUT2D eigenvalue weighted by Crippen LogP contribution is -2.24. The first-order valence-corrected chi connectivity index (χ1v) is 7.71. The molecular weight excluding hydrogens is 300 g/mol. The molecule has 0 aliphatic carbocycles. The average Bonchev–Trinajstić information content (AvgIpc) is 2.61. The number of nitrogens with zero attached hydrogens (tertiary/aromatic N) is 1. The Kier molecular flexibility index (Phi) is 4.87. The van der Waals surface area contributed by atoms with E-state index in [1.54, 1.807) is 6.21 Å². The highest BCUT2D eigenvalue weighted by molar-refractivity contribution is 5.99. The first-order valence-electron chi connectivity index (χ1n) is 7.71. The van der Waals surface area contributed by atoms with Gasteiger partial charge in [0.2, 0.25) is 0 Å². The molecule has 0 fully saturated rings. The standard InChI is InChI=1S/C20H18N2O2/c1-15-9-11-18(12-10-15)24-14-20(23)22-21-13-17-7-4-6-16-5-2-3-8-19(16)17/h2-13H,14H2,1H3,(H,22,23)/b21-13-. The van der Waals surface area contributed by atoms with Crippen molar-refractivity contribution in [3.05, 3.63) is 77.9 Å². The highest BCUT2D eigenvalue weighted by atomic mass is 16.5. The zero-order chi connectivity index (χ0) is 16.8. The van der Waals surface area contributed by atoms with Gasteiger partial charge in [-0.1, -0.05) is 60.2 Å². The van der Waals surface area contributed by atoms with Gasteiger partial charge in [0.1, 0.15) is 5.75 Å². The SMILES string of the molecule is Cc1ccc(OCC(=O)N/N=C\c2cccc3ccccc23)cc1. The van der Waals surface area contributed by atoms with Gasteiger partial charge in [-0.15, -0.1) is 0 Å². The fourth-order valence-electron chi connectivity index (χ4n) is 2.35. The monoisotopic (exact) mass is 318 g/mol. The molecule has 0 saturated heterocycles. The van der Waals surface area contributed by atoms with Crippen LogP contribution in [0.1, 0.15) is 11.1 Å². The van der Waals surface area contributed by atoms with Crippen LogP contribution in [0.15, 0.2) is 71.8 Å². The molecule has 0 saturated carbocycles. The average molecular weight is 318 g/mol. The highest BCUT2D eigenvalue weighted by Gasteiger charge is 2.02. The molecule has 0 radical (unpaired) electrons. The summed E-state index contributed by atoms with van der Waals surface area (Å²) in [4.78, 5) is 11.8. The molecule has 0 heterocycles. The number of hydrogen-bond donors (Lipinski definition) is 1. The van der Waals surface area contributed by atoms with E-state index < -0.39 is 0 Å². The molecule has 3 aromatic rings. The van der Waals surface area contributed by atoms with Crippen molar-refractivity contribution in [2.75, 3.05) is 6.61 Å². The van der Waals surface area contributed by atoms with Gasteiger partial charge in [-0.25, -0.2) is 5.43 Å². The van der Waals surface area contributed by atoms with E-state index in [2.05, 4.69) is 10.5 Å². The van der Waals surface area contributed by atoms with Crippen molar-refractivity contribution >= 4 is 22.9 Å². The molecule has 0 aliphatic heterocycles. The smallest absolute Gasteiger partial charge is 0.277 e. The van der Waals surface area contributed by atoms with Gasteiger partial charge in [-0.05, 0) is 29.8 Å². The minimum Gasteiger partial charge on any atom is -0.484 e. The van der Waals surface area contributed by atoms with Gasteiger partial charge in [-0.3, -0.25) is 4.79 Å². The fourth-order valence-corrected chi connectivity index (χ4v) is 2.35. The minimum absolute atomic E-state index is 0.0735. The first-order chi connectivity index (χ1) is 11.7. The number of benzene rings is 3. The predicted molar refractivity (Wildman–Crippen MR) is 96.4 cm³/mol. The van der Waals surface area contributed by atoms with Gasteiger partial charge in [0.15, 0.2) is 6.61 Å². The number of fused-ring (bicyclic) bond motifs is 1. The van der Waals surface area contributed by atoms with Gasteiger partial charge in [0, 0.05) is 5.56 Å². The second-order valence-electron chi connectivity index (χ2n) is 5.46. The maximum absolute atomic E-state index is 11.8. The van der Waals surface area contributed by atoms with E-state index in [1.807, 2.05) is 73.7 Å². The summed E-state index contributed by atoms with van der Waals surface area (Å²) in [6.45, 7) is 1.93.